The maximum Gasteiger partial charge on any atom is 0.324 e. The molecule has 8 heteroatoms. The van der Waals surface area contributed by atoms with E-state index < -0.39 is 39.0 Å². The summed E-state index contributed by atoms with van der Waals surface area (Å²) in [7, 11) is -2.88. The molecule has 1 aliphatic heterocycles. The number of benzene rings is 2. The molecule has 0 bridgehead atoms. The maximum absolute atomic E-state index is 13.2. The molecule has 1 saturated heterocycles. The molecule has 1 aliphatic rings. The molecule has 0 aliphatic carbocycles. The van der Waals surface area contributed by atoms with Crippen molar-refractivity contribution < 1.29 is 27.5 Å². The first-order valence-corrected chi connectivity index (χ1v) is 12.4. The molecule has 2 aromatic carbocycles. The van der Waals surface area contributed by atoms with E-state index in [0.29, 0.717) is 12.0 Å². The number of methoxy groups -OCH3 is 1. The van der Waals surface area contributed by atoms with Gasteiger partial charge in [0.2, 0.25) is 0 Å². The number of sulfone groups is 1. The van der Waals surface area contributed by atoms with Gasteiger partial charge in [-0.25, -0.2) is 8.42 Å². The van der Waals surface area contributed by atoms with E-state index in [9.17, 15) is 18.0 Å². The topological polar surface area (TPSA) is 111 Å². The van der Waals surface area contributed by atoms with Gasteiger partial charge in [-0.2, -0.15) is 5.26 Å². The van der Waals surface area contributed by atoms with E-state index in [-0.39, 0.29) is 17.7 Å². The van der Waals surface area contributed by atoms with E-state index in [1.165, 1.54) is 12.1 Å². The lowest BCUT2D eigenvalue weighted by atomic mass is 9.89. The van der Waals surface area contributed by atoms with Gasteiger partial charge in [0, 0.05) is 5.92 Å². The van der Waals surface area contributed by atoms with E-state index in [1.807, 2.05) is 12.1 Å². The Labute approximate surface area is 194 Å². The van der Waals surface area contributed by atoms with Crippen molar-refractivity contribution in [1.82, 2.24) is 0 Å². The molecule has 0 N–H and O–H groups in total. The summed E-state index contributed by atoms with van der Waals surface area (Å²) in [5.41, 5.74) is 1.73. The van der Waals surface area contributed by atoms with Crippen molar-refractivity contribution in [3.8, 4) is 6.07 Å². The van der Waals surface area contributed by atoms with Gasteiger partial charge in [-0.05, 0) is 61.9 Å². The molecule has 2 aromatic rings. The van der Waals surface area contributed by atoms with E-state index >= 15 is 0 Å². The van der Waals surface area contributed by atoms with Gasteiger partial charge in [-0.1, -0.05) is 30.3 Å². The molecule has 7 nitrogen and oxygen atoms in total. The Bertz CT molecular complexity index is 1110. The quantitative estimate of drug-likeness (QED) is 0.407. The van der Waals surface area contributed by atoms with Crippen molar-refractivity contribution in [2.45, 2.75) is 54.8 Å². The van der Waals surface area contributed by atoms with Crippen molar-refractivity contribution in [2.24, 2.45) is 5.92 Å². The maximum atomic E-state index is 13.2. The minimum atomic E-state index is -4.03. The highest BCUT2D eigenvalue weighted by molar-refractivity contribution is 7.92. The fourth-order valence-corrected chi connectivity index (χ4v) is 6.11. The predicted octanol–water partition coefficient (Wildman–Crippen LogP) is 3.61. The number of aryl methyl sites for hydroxylation is 1. The highest BCUT2D eigenvalue weighted by Crippen LogP contribution is 2.33. The van der Waals surface area contributed by atoms with E-state index in [4.69, 9.17) is 14.7 Å². The molecule has 0 amide bonds. The third kappa shape index (κ3) is 6.20. The molecule has 3 rings (SSSR count). The van der Waals surface area contributed by atoms with E-state index in [2.05, 4.69) is 6.07 Å². The Morgan fingerprint density at radius 3 is 2.48 bits per heavy atom. The zero-order valence-corrected chi connectivity index (χ0v) is 19.3. The predicted molar refractivity (Wildman–Crippen MR) is 121 cm³/mol. The fraction of sp³-hybridized carbons (Fsp3) is 0.400. The number of unbranched alkanes of at least 4 members (excludes halogenated alkanes) is 1. The van der Waals surface area contributed by atoms with Crippen LogP contribution < -0.4 is 0 Å². The van der Waals surface area contributed by atoms with Crippen molar-refractivity contribution in [1.29, 1.82) is 5.26 Å². The second-order valence-corrected chi connectivity index (χ2v) is 10.2. The summed E-state index contributed by atoms with van der Waals surface area (Å²) in [4.78, 5) is 24.8. The van der Waals surface area contributed by atoms with Gasteiger partial charge < -0.3 is 9.47 Å². The molecule has 3 atom stereocenters. The molecule has 0 spiro atoms. The number of rotatable bonds is 9. The van der Waals surface area contributed by atoms with Gasteiger partial charge in [0.05, 0.1) is 30.1 Å². The smallest absolute Gasteiger partial charge is 0.324 e. The Kier molecular flexibility index (Phi) is 8.23. The summed E-state index contributed by atoms with van der Waals surface area (Å²) in [6.07, 6.45) is 2.73. The highest BCUT2D eigenvalue weighted by Gasteiger charge is 2.45. The molecule has 0 radical (unpaired) electrons. The first kappa shape index (κ1) is 24.5. The SMILES string of the molecule is COC(=O)C([C@H]1CC(=O)O[C@H](CCCCc2ccc(C#N)cc2)C1)S(=O)(=O)c1ccccc1. The Morgan fingerprint density at radius 2 is 1.85 bits per heavy atom. The monoisotopic (exact) mass is 469 g/mol. The molecule has 1 heterocycles. The molecule has 33 heavy (non-hydrogen) atoms. The largest absolute Gasteiger partial charge is 0.468 e. The summed E-state index contributed by atoms with van der Waals surface area (Å²) in [5.74, 6) is -2.08. The second-order valence-electron chi connectivity index (χ2n) is 8.17. The van der Waals surface area contributed by atoms with Crippen molar-refractivity contribution in [3.63, 3.8) is 0 Å². The van der Waals surface area contributed by atoms with Gasteiger partial charge in [0.1, 0.15) is 6.10 Å². The van der Waals surface area contributed by atoms with E-state index in [0.717, 1.165) is 31.9 Å². The zero-order valence-electron chi connectivity index (χ0n) is 18.5. The number of carbonyl (C=O) groups is 2. The third-order valence-electron chi connectivity index (χ3n) is 5.88. The number of esters is 2. The number of hydrogen-bond acceptors (Lipinski definition) is 7. The van der Waals surface area contributed by atoms with Crippen LogP contribution >= 0.6 is 0 Å². The lowest BCUT2D eigenvalue weighted by molar-refractivity contribution is -0.158. The molecule has 0 saturated carbocycles. The number of hydrogen-bond donors (Lipinski definition) is 0. The standard InChI is InChI=1S/C25H27NO6S/c1-31-25(28)24(33(29,30)22-9-3-2-4-10-22)20-15-21(32-23(27)16-20)8-6-5-7-18-11-13-19(17-26)14-12-18/h2-4,9-14,20-21,24H,5-8,15-16H2,1H3/t20-,21-,24?/m1/s1. The molecule has 1 fully saturated rings. The van der Waals surface area contributed by atoms with Crippen molar-refractivity contribution in [2.75, 3.05) is 7.11 Å². The summed E-state index contributed by atoms with van der Waals surface area (Å²) in [5, 5.41) is 7.42. The molecular weight excluding hydrogens is 442 g/mol. The number of nitriles is 1. The fourth-order valence-electron chi connectivity index (χ4n) is 4.22. The van der Waals surface area contributed by atoms with Crippen LogP contribution in [0.1, 0.15) is 43.2 Å². The minimum Gasteiger partial charge on any atom is -0.468 e. The Balaban J connectivity index is 1.65. The zero-order chi connectivity index (χ0) is 23.8. The normalized spacial score (nSPS) is 19.2. The van der Waals surface area contributed by atoms with Crippen LogP contribution in [0, 0.1) is 17.2 Å². The average molecular weight is 470 g/mol. The number of cyclic esters (lactones) is 1. The Hall–Kier alpha value is -3.18. The Morgan fingerprint density at radius 1 is 1.15 bits per heavy atom. The number of ether oxygens (including phenoxy) is 2. The lowest BCUT2D eigenvalue weighted by Crippen LogP contribution is -2.44. The summed E-state index contributed by atoms with van der Waals surface area (Å²) in [6.45, 7) is 0. The van der Waals surface area contributed by atoms with Gasteiger partial charge in [-0.3, -0.25) is 9.59 Å². The van der Waals surface area contributed by atoms with Gasteiger partial charge in [0.15, 0.2) is 15.1 Å². The minimum absolute atomic E-state index is 0.0262. The number of carbonyl (C=O) groups excluding carboxylic acids is 2. The molecule has 0 aromatic heterocycles. The van der Waals surface area contributed by atoms with Crippen molar-refractivity contribution >= 4 is 21.8 Å². The average Bonchev–Trinajstić information content (AvgIpc) is 2.82. The van der Waals surface area contributed by atoms with Gasteiger partial charge >= 0.3 is 11.9 Å². The van der Waals surface area contributed by atoms with Crippen molar-refractivity contribution in [3.05, 3.63) is 65.7 Å². The summed E-state index contributed by atoms with van der Waals surface area (Å²) < 4.78 is 36.7. The second kappa shape index (κ2) is 11.1. The van der Waals surface area contributed by atoms with Crippen LogP contribution in [-0.4, -0.2) is 38.8 Å². The third-order valence-corrected chi connectivity index (χ3v) is 8.06. The number of nitrogens with zero attached hydrogens (tertiary/aromatic N) is 1. The summed E-state index contributed by atoms with van der Waals surface area (Å²) in [6, 6.07) is 17.2. The van der Waals surface area contributed by atoms with E-state index in [1.54, 1.807) is 30.3 Å². The van der Waals surface area contributed by atoms with Crippen LogP contribution in [-0.2, 0) is 35.3 Å². The first-order valence-electron chi connectivity index (χ1n) is 10.9. The van der Waals surface area contributed by atoms with Gasteiger partial charge in [0.25, 0.3) is 0 Å². The molecule has 174 valence electrons. The molecular formula is C25H27NO6S. The lowest BCUT2D eigenvalue weighted by Gasteiger charge is -2.32. The highest BCUT2D eigenvalue weighted by atomic mass is 32.2. The summed E-state index contributed by atoms with van der Waals surface area (Å²) >= 11 is 0. The van der Waals surface area contributed by atoms with Crippen LogP contribution in [0.25, 0.3) is 0 Å². The van der Waals surface area contributed by atoms with Crippen LogP contribution in [0.4, 0.5) is 0 Å². The van der Waals surface area contributed by atoms with Gasteiger partial charge in [-0.15, -0.1) is 0 Å². The van der Waals surface area contributed by atoms with Crippen LogP contribution in [0.2, 0.25) is 0 Å². The van der Waals surface area contributed by atoms with Crippen LogP contribution in [0.3, 0.4) is 0 Å². The van der Waals surface area contributed by atoms with Crippen LogP contribution in [0.5, 0.6) is 0 Å². The first-order chi connectivity index (χ1) is 15.8. The molecule has 1 unspecified atom stereocenters. The van der Waals surface area contributed by atoms with Crippen LogP contribution in [0.15, 0.2) is 59.5 Å².